The van der Waals surface area contributed by atoms with Crippen LogP contribution in [0.5, 0.6) is 0 Å². The van der Waals surface area contributed by atoms with E-state index in [2.05, 4.69) is 17.3 Å². The van der Waals surface area contributed by atoms with Gasteiger partial charge in [0.2, 0.25) is 0 Å². The third kappa shape index (κ3) is 2.84. The molecular formula is C12H13NOS2. The molecule has 0 saturated heterocycles. The van der Waals surface area contributed by atoms with Gasteiger partial charge in [-0.25, -0.2) is 4.98 Å². The Balaban J connectivity index is 2.08. The largest absolute Gasteiger partial charge is 0.392 e. The number of aryl methyl sites for hydroxylation is 1. The second kappa shape index (κ2) is 5.48. The van der Waals surface area contributed by atoms with Gasteiger partial charge in [0.15, 0.2) is 4.34 Å². The molecule has 0 aliphatic rings. The van der Waals surface area contributed by atoms with E-state index in [1.807, 2.05) is 24.3 Å². The Hall–Kier alpha value is -0.840. The topological polar surface area (TPSA) is 33.1 Å². The first-order valence-electron chi connectivity index (χ1n) is 5.14. The molecule has 16 heavy (non-hydrogen) atoms. The molecule has 4 heteroatoms. The Morgan fingerprint density at radius 1 is 1.31 bits per heavy atom. The van der Waals surface area contributed by atoms with Crippen LogP contribution in [-0.2, 0) is 13.0 Å². The Bertz CT molecular complexity index is 450. The number of aliphatic hydroxyl groups excluding tert-OH is 1. The van der Waals surface area contributed by atoms with Crippen molar-refractivity contribution in [1.82, 2.24) is 4.98 Å². The maximum atomic E-state index is 8.94. The molecule has 0 radical (unpaired) electrons. The van der Waals surface area contributed by atoms with Gasteiger partial charge in [0.25, 0.3) is 0 Å². The van der Waals surface area contributed by atoms with Gasteiger partial charge in [-0.15, -0.1) is 11.3 Å². The zero-order valence-electron chi connectivity index (χ0n) is 9.01. The summed E-state index contributed by atoms with van der Waals surface area (Å²) in [5, 5.41) is 11.0. The first-order valence-corrected chi connectivity index (χ1v) is 6.83. The molecule has 0 saturated carbocycles. The van der Waals surface area contributed by atoms with Gasteiger partial charge in [-0.1, -0.05) is 30.8 Å². The quantitative estimate of drug-likeness (QED) is 0.904. The highest BCUT2D eigenvalue weighted by molar-refractivity contribution is 8.01. The van der Waals surface area contributed by atoms with Crippen LogP contribution >= 0.6 is 23.1 Å². The second-order valence-electron chi connectivity index (χ2n) is 3.36. The van der Waals surface area contributed by atoms with Crippen LogP contribution in [0.3, 0.4) is 0 Å². The molecule has 2 nitrogen and oxygen atoms in total. The van der Waals surface area contributed by atoms with E-state index in [1.54, 1.807) is 23.1 Å². The van der Waals surface area contributed by atoms with E-state index in [4.69, 9.17) is 5.11 Å². The molecule has 1 heterocycles. The minimum absolute atomic E-state index is 0.0994. The number of benzene rings is 1. The monoisotopic (exact) mass is 251 g/mol. The van der Waals surface area contributed by atoms with Crippen molar-refractivity contribution in [3.8, 4) is 0 Å². The summed E-state index contributed by atoms with van der Waals surface area (Å²) < 4.78 is 1.08. The fourth-order valence-corrected chi connectivity index (χ4v) is 3.15. The predicted octanol–water partition coefficient (Wildman–Crippen LogP) is 3.35. The normalized spacial score (nSPS) is 10.6. The van der Waals surface area contributed by atoms with Gasteiger partial charge in [0, 0.05) is 10.3 Å². The van der Waals surface area contributed by atoms with E-state index >= 15 is 0 Å². The molecule has 0 bridgehead atoms. The first-order chi connectivity index (χ1) is 7.81. The van der Waals surface area contributed by atoms with E-state index in [-0.39, 0.29) is 6.61 Å². The van der Waals surface area contributed by atoms with Crippen LogP contribution in [0.4, 0.5) is 0 Å². The van der Waals surface area contributed by atoms with Crippen LogP contribution in [0.15, 0.2) is 38.9 Å². The number of aromatic nitrogens is 1. The summed E-state index contributed by atoms with van der Waals surface area (Å²) >= 11 is 3.35. The lowest BCUT2D eigenvalue weighted by molar-refractivity contribution is 0.282. The molecule has 1 N–H and O–H groups in total. The van der Waals surface area contributed by atoms with Gasteiger partial charge < -0.3 is 5.11 Å². The van der Waals surface area contributed by atoms with E-state index in [0.29, 0.717) is 0 Å². The minimum Gasteiger partial charge on any atom is -0.392 e. The highest BCUT2D eigenvalue weighted by Gasteiger charge is 2.02. The standard InChI is InChI=1S/C12H13NOS2/c1-2-10-8-15-12(13-10)16-11-5-3-9(7-14)4-6-11/h3-6,8,14H,2,7H2,1H3. The van der Waals surface area contributed by atoms with E-state index in [0.717, 1.165) is 26.9 Å². The number of thiazole rings is 1. The highest BCUT2D eigenvalue weighted by atomic mass is 32.2. The van der Waals surface area contributed by atoms with Crippen molar-refractivity contribution in [1.29, 1.82) is 0 Å². The van der Waals surface area contributed by atoms with Crippen LogP contribution < -0.4 is 0 Å². The zero-order chi connectivity index (χ0) is 11.4. The highest BCUT2D eigenvalue weighted by Crippen LogP contribution is 2.30. The second-order valence-corrected chi connectivity index (χ2v) is 5.54. The van der Waals surface area contributed by atoms with Crippen LogP contribution in [0, 0.1) is 0 Å². The lowest BCUT2D eigenvalue weighted by atomic mass is 10.2. The molecule has 0 atom stereocenters. The smallest absolute Gasteiger partial charge is 0.154 e. The minimum atomic E-state index is 0.0994. The maximum absolute atomic E-state index is 8.94. The van der Waals surface area contributed by atoms with Gasteiger partial charge in [-0.05, 0) is 24.1 Å². The number of aliphatic hydroxyl groups is 1. The Morgan fingerprint density at radius 3 is 2.62 bits per heavy atom. The maximum Gasteiger partial charge on any atom is 0.154 e. The zero-order valence-corrected chi connectivity index (χ0v) is 10.6. The number of rotatable bonds is 4. The molecule has 0 aliphatic heterocycles. The van der Waals surface area contributed by atoms with Crippen molar-refractivity contribution in [2.24, 2.45) is 0 Å². The summed E-state index contributed by atoms with van der Waals surface area (Å²) in [7, 11) is 0. The van der Waals surface area contributed by atoms with Crippen molar-refractivity contribution >= 4 is 23.1 Å². The summed E-state index contributed by atoms with van der Waals surface area (Å²) in [4.78, 5) is 5.66. The molecule has 1 aromatic heterocycles. The van der Waals surface area contributed by atoms with Crippen LogP contribution in [0.1, 0.15) is 18.2 Å². The van der Waals surface area contributed by atoms with Crippen LogP contribution in [-0.4, -0.2) is 10.1 Å². The molecule has 0 fully saturated rings. The SMILES string of the molecule is CCc1csc(Sc2ccc(CO)cc2)n1. The number of hydrogen-bond donors (Lipinski definition) is 1. The fourth-order valence-electron chi connectivity index (χ4n) is 1.26. The van der Waals surface area contributed by atoms with Crippen molar-refractivity contribution < 1.29 is 5.11 Å². The van der Waals surface area contributed by atoms with E-state index in [1.165, 1.54) is 0 Å². The van der Waals surface area contributed by atoms with E-state index < -0.39 is 0 Å². The summed E-state index contributed by atoms with van der Waals surface area (Å²) in [5.74, 6) is 0. The third-order valence-electron chi connectivity index (χ3n) is 2.20. The van der Waals surface area contributed by atoms with Crippen LogP contribution in [0.2, 0.25) is 0 Å². The lowest BCUT2D eigenvalue weighted by Gasteiger charge is -1.99. The number of hydrogen-bond acceptors (Lipinski definition) is 4. The van der Waals surface area contributed by atoms with Gasteiger partial charge in [0.05, 0.1) is 12.3 Å². The summed E-state index contributed by atoms with van der Waals surface area (Å²) in [6.45, 7) is 2.21. The van der Waals surface area contributed by atoms with Gasteiger partial charge in [-0.2, -0.15) is 0 Å². The van der Waals surface area contributed by atoms with E-state index in [9.17, 15) is 0 Å². The summed E-state index contributed by atoms with van der Waals surface area (Å²) in [6, 6.07) is 7.92. The van der Waals surface area contributed by atoms with Crippen molar-refractivity contribution in [3.63, 3.8) is 0 Å². The molecule has 2 rings (SSSR count). The Morgan fingerprint density at radius 2 is 2.06 bits per heavy atom. The lowest BCUT2D eigenvalue weighted by Crippen LogP contribution is -1.82. The number of nitrogens with zero attached hydrogens (tertiary/aromatic N) is 1. The average molecular weight is 251 g/mol. The molecular weight excluding hydrogens is 238 g/mol. The van der Waals surface area contributed by atoms with Gasteiger partial charge in [-0.3, -0.25) is 0 Å². The predicted molar refractivity (Wildman–Crippen MR) is 68.0 cm³/mol. The summed E-state index contributed by atoms with van der Waals surface area (Å²) in [5.41, 5.74) is 2.09. The molecule has 0 spiro atoms. The van der Waals surface area contributed by atoms with Crippen molar-refractivity contribution in [2.75, 3.05) is 0 Å². The third-order valence-corrected chi connectivity index (χ3v) is 4.20. The average Bonchev–Trinajstić information content (AvgIpc) is 2.78. The van der Waals surface area contributed by atoms with Crippen molar-refractivity contribution in [3.05, 3.63) is 40.9 Å². The van der Waals surface area contributed by atoms with Gasteiger partial charge in [0.1, 0.15) is 0 Å². The first kappa shape index (κ1) is 11.6. The Labute approximate surface area is 103 Å². The molecule has 0 amide bonds. The Kier molecular flexibility index (Phi) is 3.98. The fraction of sp³-hybridized carbons (Fsp3) is 0.250. The molecule has 84 valence electrons. The van der Waals surface area contributed by atoms with Crippen LogP contribution in [0.25, 0.3) is 0 Å². The van der Waals surface area contributed by atoms with Gasteiger partial charge >= 0.3 is 0 Å². The van der Waals surface area contributed by atoms with Crippen molar-refractivity contribution in [2.45, 2.75) is 29.2 Å². The summed E-state index contributed by atoms with van der Waals surface area (Å²) in [6.07, 6.45) is 0.987. The molecule has 0 unspecified atom stereocenters. The molecule has 0 aliphatic carbocycles. The molecule has 2 aromatic rings. The molecule has 1 aromatic carbocycles.